The highest BCUT2D eigenvalue weighted by Crippen LogP contribution is 2.23. The smallest absolute Gasteiger partial charge is 0.185 e. The first-order valence-corrected chi connectivity index (χ1v) is 10.3. The van der Waals surface area contributed by atoms with Crippen molar-refractivity contribution in [3.8, 4) is 11.4 Å². The van der Waals surface area contributed by atoms with Crippen LogP contribution in [0.3, 0.4) is 0 Å². The molecule has 0 unspecified atom stereocenters. The number of rotatable bonds is 7. The van der Waals surface area contributed by atoms with Crippen LogP contribution in [-0.4, -0.2) is 15.3 Å². The Bertz CT molecular complexity index is 1200. The Morgan fingerprint density at radius 3 is 2.48 bits per heavy atom. The molecule has 4 rings (SSSR count). The first-order valence-electron chi connectivity index (χ1n) is 9.56. The lowest BCUT2D eigenvalue weighted by Crippen LogP contribution is -1.98. The normalized spacial score (nSPS) is 11.0. The average molecular weight is 449 g/mol. The maximum absolute atomic E-state index is 12.5. The number of benzene rings is 3. The number of carbonyl (C=O) groups excluding carboxylic acids is 1. The summed E-state index contributed by atoms with van der Waals surface area (Å²) >= 11 is 12.2. The van der Waals surface area contributed by atoms with Crippen molar-refractivity contribution < 1.29 is 9.53 Å². The number of ketones is 1. The summed E-state index contributed by atoms with van der Waals surface area (Å²) in [6, 6.07) is 20.1. The van der Waals surface area contributed by atoms with Crippen LogP contribution in [0.1, 0.15) is 21.5 Å². The predicted molar refractivity (Wildman–Crippen MR) is 124 cm³/mol. The highest BCUT2D eigenvalue weighted by molar-refractivity contribution is 6.33. The summed E-state index contributed by atoms with van der Waals surface area (Å²) in [4.78, 5) is 16.5. The van der Waals surface area contributed by atoms with E-state index >= 15 is 0 Å². The van der Waals surface area contributed by atoms with E-state index in [2.05, 4.69) is 4.98 Å². The highest BCUT2D eigenvalue weighted by Gasteiger charge is 2.05. The average Bonchev–Trinajstić information content (AvgIpc) is 3.34. The van der Waals surface area contributed by atoms with E-state index in [1.54, 1.807) is 67.1 Å². The molecule has 6 heteroatoms. The van der Waals surface area contributed by atoms with Crippen molar-refractivity contribution in [3.05, 3.63) is 118 Å². The molecule has 0 N–H and O–H groups in total. The van der Waals surface area contributed by atoms with Crippen LogP contribution in [-0.2, 0) is 6.61 Å². The fourth-order valence-electron chi connectivity index (χ4n) is 2.97. The van der Waals surface area contributed by atoms with Gasteiger partial charge in [-0.2, -0.15) is 0 Å². The number of aromatic nitrogens is 2. The SMILES string of the molecule is O=C(/C=C/c1ccc(-n2ccnc2)cc1)c1ccc(OCc2cc(Cl)ccc2Cl)cc1. The van der Waals surface area contributed by atoms with Gasteiger partial charge in [0.15, 0.2) is 5.78 Å². The van der Waals surface area contributed by atoms with Gasteiger partial charge in [0.25, 0.3) is 0 Å². The lowest BCUT2D eigenvalue weighted by atomic mass is 10.1. The first-order chi connectivity index (χ1) is 15.1. The quantitative estimate of drug-likeness (QED) is 0.234. The van der Waals surface area contributed by atoms with Gasteiger partial charge in [-0.15, -0.1) is 0 Å². The van der Waals surface area contributed by atoms with Crippen LogP contribution in [0, 0.1) is 0 Å². The molecule has 0 atom stereocenters. The van der Waals surface area contributed by atoms with Gasteiger partial charge in [0.05, 0.1) is 6.33 Å². The van der Waals surface area contributed by atoms with Crippen LogP contribution < -0.4 is 4.74 Å². The molecule has 4 aromatic rings. The van der Waals surface area contributed by atoms with Crippen molar-refractivity contribution in [2.45, 2.75) is 6.61 Å². The minimum absolute atomic E-state index is 0.0804. The molecule has 0 spiro atoms. The van der Waals surface area contributed by atoms with Gasteiger partial charge in [-0.25, -0.2) is 4.98 Å². The molecule has 1 heterocycles. The molecule has 0 saturated carbocycles. The van der Waals surface area contributed by atoms with E-state index < -0.39 is 0 Å². The first kappa shape index (κ1) is 20.9. The summed E-state index contributed by atoms with van der Waals surface area (Å²) in [7, 11) is 0. The molecule has 1 aromatic heterocycles. The lowest BCUT2D eigenvalue weighted by Gasteiger charge is -2.08. The molecule has 4 nitrogen and oxygen atoms in total. The van der Waals surface area contributed by atoms with E-state index in [0.717, 1.165) is 16.8 Å². The second-order valence-corrected chi connectivity index (χ2v) is 7.65. The van der Waals surface area contributed by atoms with Gasteiger partial charge >= 0.3 is 0 Å². The molecule has 0 amide bonds. The largest absolute Gasteiger partial charge is 0.489 e. The Hall–Kier alpha value is -3.34. The summed E-state index contributed by atoms with van der Waals surface area (Å²) < 4.78 is 7.67. The molecule has 0 aliphatic rings. The van der Waals surface area contributed by atoms with Gasteiger partial charge in [-0.1, -0.05) is 41.4 Å². The standard InChI is InChI=1S/C25H18Cl2N2O2/c26-21-6-11-24(27)20(15-21)16-31-23-9-4-19(5-10-23)25(30)12-3-18-1-7-22(8-2-18)29-14-13-28-17-29/h1-15,17H,16H2/b12-3+. The van der Waals surface area contributed by atoms with Gasteiger partial charge in [-0.3, -0.25) is 4.79 Å². The minimum Gasteiger partial charge on any atom is -0.489 e. The van der Waals surface area contributed by atoms with Crippen LogP contribution in [0.25, 0.3) is 11.8 Å². The van der Waals surface area contributed by atoms with Gasteiger partial charge < -0.3 is 9.30 Å². The monoisotopic (exact) mass is 448 g/mol. The van der Waals surface area contributed by atoms with Crippen LogP contribution in [0.15, 0.2) is 91.5 Å². The van der Waals surface area contributed by atoms with Crippen LogP contribution >= 0.6 is 23.2 Å². The van der Waals surface area contributed by atoms with Gasteiger partial charge in [0.1, 0.15) is 12.4 Å². The van der Waals surface area contributed by atoms with Gasteiger partial charge in [0, 0.05) is 39.3 Å². The second-order valence-electron chi connectivity index (χ2n) is 6.81. The van der Waals surface area contributed by atoms with E-state index in [0.29, 0.717) is 28.0 Å². The molecule has 0 bridgehead atoms. The number of hydrogen-bond acceptors (Lipinski definition) is 3. The van der Waals surface area contributed by atoms with Crippen molar-refractivity contribution in [2.75, 3.05) is 0 Å². The van der Waals surface area contributed by atoms with E-state index in [4.69, 9.17) is 27.9 Å². The van der Waals surface area contributed by atoms with Crippen molar-refractivity contribution >= 4 is 35.1 Å². The fourth-order valence-corrected chi connectivity index (χ4v) is 3.33. The summed E-state index contributed by atoms with van der Waals surface area (Å²) in [5, 5.41) is 1.20. The molecule has 0 aliphatic carbocycles. The Kier molecular flexibility index (Phi) is 6.51. The maximum atomic E-state index is 12.5. The topological polar surface area (TPSA) is 44.1 Å². The number of hydrogen-bond donors (Lipinski definition) is 0. The van der Waals surface area contributed by atoms with E-state index in [1.807, 2.05) is 35.0 Å². The van der Waals surface area contributed by atoms with E-state index in [9.17, 15) is 4.79 Å². The van der Waals surface area contributed by atoms with Gasteiger partial charge in [0.2, 0.25) is 0 Å². The molecule has 31 heavy (non-hydrogen) atoms. The van der Waals surface area contributed by atoms with E-state index in [1.165, 1.54) is 0 Å². The second kappa shape index (κ2) is 9.65. The number of carbonyl (C=O) groups is 1. The molecule has 0 radical (unpaired) electrons. The zero-order valence-electron chi connectivity index (χ0n) is 16.4. The van der Waals surface area contributed by atoms with Crippen molar-refractivity contribution in [2.24, 2.45) is 0 Å². The molecule has 0 saturated heterocycles. The summed E-state index contributed by atoms with van der Waals surface area (Å²) in [5.74, 6) is 0.565. The molecule has 3 aromatic carbocycles. The maximum Gasteiger partial charge on any atom is 0.185 e. The Balaban J connectivity index is 1.36. The summed E-state index contributed by atoms with van der Waals surface area (Å²) in [6.45, 7) is 0.293. The van der Waals surface area contributed by atoms with Crippen molar-refractivity contribution in [1.29, 1.82) is 0 Å². The zero-order valence-corrected chi connectivity index (χ0v) is 17.9. The van der Waals surface area contributed by atoms with Gasteiger partial charge in [-0.05, 0) is 66.2 Å². The molecular weight excluding hydrogens is 431 g/mol. The van der Waals surface area contributed by atoms with Crippen LogP contribution in [0.5, 0.6) is 5.75 Å². The zero-order chi connectivity index (χ0) is 21.6. The summed E-state index contributed by atoms with van der Waals surface area (Å²) in [5.41, 5.74) is 3.34. The Morgan fingerprint density at radius 2 is 1.77 bits per heavy atom. The number of imidazole rings is 1. The number of halogens is 2. The third-order valence-corrected chi connectivity index (χ3v) is 5.27. The lowest BCUT2D eigenvalue weighted by molar-refractivity contribution is 0.104. The number of allylic oxidation sites excluding steroid dienone is 1. The highest BCUT2D eigenvalue weighted by atomic mass is 35.5. The third-order valence-electron chi connectivity index (χ3n) is 4.66. The number of nitrogens with zero attached hydrogens (tertiary/aromatic N) is 2. The fraction of sp³-hybridized carbons (Fsp3) is 0.0400. The van der Waals surface area contributed by atoms with Crippen molar-refractivity contribution in [3.63, 3.8) is 0 Å². The number of ether oxygens (including phenoxy) is 1. The van der Waals surface area contributed by atoms with Crippen LogP contribution in [0.2, 0.25) is 10.0 Å². The van der Waals surface area contributed by atoms with Crippen molar-refractivity contribution in [1.82, 2.24) is 9.55 Å². The Morgan fingerprint density at radius 1 is 1.00 bits per heavy atom. The molecule has 154 valence electrons. The Labute approximate surface area is 190 Å². The predicted octanol–water partition coefficient (Wildman–Crippen LogP) is 6.65. The van der Waals surface area contributed by atoms with Crippen LogP contribution in [0.4, 0.5) is 0 Å². The molecular formula is C25H18Cl2N2O2. The molecule has 0 aliphatic heterocycles. The summed E-state index contributed by atoms with van der Waals surface area (Å²) in [6.07, 6.45) is 8.71. The minimum atomic E-state index is -0.0804. The molecule has 0 fully saturated rings. The third kappa shape index (κ3) is 5.43. The van der Waals surface area contributed by atoms with E-state index in [-0.39, 0.29) is 5.78 Å².